The van der Waals surface area contributed by atoms with E-state index in [-0.39, 0.29) is 7.43 Å². The third-order valence-corrected chi connectivity index (χ3v) is 3.04. The molecule has 0 amide bonds. The van der Waals surface area contributed by atoms with Gasteiger partial charge in [0, 0.05) is 0 Å². The molecule has 0 aliphatic carbocycles. The van der Waals surface area contributed by atoms with Crippen molar-refractivity contribution >= 4 is 11.5 Å². The molecule has 0 saturated heterocycles. The Morgan fingerprint density at radius 2 is 1.18 bits per heavy atom. The first-order valence-electron chi connectivity index (χ1n) is 7.67. The van der Waals surface area contributed by atoms with Gasteiger partial charge in [0.25, 0.3) is 0 Å². The summed E-state index contributed by atoms with van der Waals surface area (Å²) in [5, 5.41) is 16.3. The Kier molecular flexibility index (Phi) is 8.10. The quantitative estimate of drug-likeness (QED) is 0.831. The highest BCUT2D eigenvalue weighted by Crippen LogP contribution is 2.19. The predicted molar refractivity (Wildman–Crippen MR) is 86.6 cm³/mol. The lowest BCUT2D eigenvalue weighted by molar-refractivity contribution is 0.254. The summed E-state index contributed by atoms with van der Waals surface area (Å²) < 4.78 is 11.1. The maximum absolute atomic E-state index is 5.58. The number of hydrogen-bond acceptors (Lipinski definition) is 6. The second-order valence-corrected chi connectivity index (χ2v) is 4.52. The lowest BCUT2D eigenvalue weighted by Crippen LogP contribution is -2.09. The van der Waals surface area contributed by atoms with E-state index in [4.69, 9.17) is 9.47 Å². The van der Waals surface area contributed by atoms with Crippen molar-refractivity contribution in [1.29, 1.82) is 0 Å². The Labute approximate surface area is 132 Å². The van der Waals surface area contributed by atoms with Crippen LogP contribution in [0.2, 0.25) is 0 Å². The molecule has 22 heavy (non-hydrogen) atoms. The fourth-order valence-corrected chi connectivity index (χ4v) is 2.02. The Morgan fingerprint density at radius 1 is 0.727 bits per heavy atom. The lowest BCUT2D eigenvalue weighted by Gasteiger charge is -2.12. The van der Waals surface area contributed by atoms with Crippen molar-refractivity contribution < 1.29 is 9.47 Å². The molecular formula is C16H26N4O2. The summed E-state index contributed by atoms with van der Waals surface area (Å²) in [7, 11) is 0. The van der Waals surface area contributed by atoms with Crippen LogP contribution in [0.1, 0.15) is 65.0 Å². The van der Waals surface area contributed by atoms with Crippen LogP contribution in [-0.4, -0.2) is 33.6 Å². The smallest absolute Gasteiger partial charge is 0.237 e. The first-order valence-corrected chi connectivity index (χ1v) is 7.67. The maximum atomic E-state index is 5.58. The van der Waals surface area contributed by atoms with Crippen LogP contribution in [0, 0.1) is 0 Å². The summed E-state index contributed by atoms with van der Waals surface area (Å²) in [6, 6.07) is 0. The van der Waals surface area contributed by atoms with Gasteiger partial charge in [-0.15, -0.1) is 20.4 Å². The molecule has 3 rings (SSSR count). The monoisotopic (exact) mass is 306 g/mol. The summed E-state index contributed by atoms with van der Waals surface area (Å²) in [6.07, 6.45) is 9.15. The molecule has 122 valence electrons. The zero-order valence-electron chi connectivity index (χ0n) is 12.7. The Morgan fingerprint density at radius 3 is 1.68 bits per heavy atom. The zero-order valence-corrected chi connectivity index (χ0v) is 12.7. The molecule has 6 nitrogen and oxygen atoms in total. The second-order valence-electron chi connectivity index (χ2n) is 4.52. The van der Waals surface area contributed by atoms with Gasteiger partial charge in [-0.25, -0.2) is 0 Å². The average molecular weight is 306 g/mol. The highest BCUT2D eigenvalue weighted by molar-refractivity contribution is 5.54. The van der Waals surface area contributed by atoms with Gasteiger partial charge in [0.2, 0.25) is 11.6 Å². The van der Waals surface area contributed by atoms with Gasteiger partial charge in [0.1, 0.15) is 0 Å². The number of aromatic nitrogens is 4. The van der Waals surface area contributed by atoms with Gasteiger partial charge in [0.05, 0.1) is 13.2 Å². The van der Waals surface area contributed by atoms with E-state index in [9.17, 15) is 0 Å². The molecular weight excluding hydrogens is 280 g/mol. The SMILES string of the molecule is C.C1=C(c2nnc(C3=CCCCCO3)nn2)OCCC1.CC. The summed E-state index contributed by atoms with van der Waals surface area (Å²) in [6.45, 7) is 5.40. The minimum absolute atomic E-state index is 0. The van der Waals surface area contributed by atoms with Gasteiger partial charge in [-0.2, -0.15) is 0 Å². The fourth-order valence-electron chi connectivity index (χ4n) is 2.02. The molecule has 2 aliphatic heterocycles. The molecule has 2 aliphatic rings. The maximum Gasteiger partial charge on any atom is 0.237 e. The number of ether oxygens (including phenoxy) is 2. The fraction of sp³-hybridized carbons (Fsp3) is 0.625. The lowest BCUT2D eigenvalue weighted by atomic mass is 10.2. The standard InChI is InChI=1S/C13H16N4O2.C2H6.CH4/c1-2-6-10(18-8-4-1)12-14-16-13(17-15-12)11-7-3-5-9-19-11;1-2;/h6-7H,1-5,8-9H2;1-2H3;1H4. The molecule has 0 spiro atoms. The van der Waals surface area contributed by atoms with E-state index in [0.717, 1.165) is 32.1 Å². The highest BCUT2D eigenvalue weighted by atomic mass is 16.5. The van der Waals surface area contributed by atoms with Crippen LogP contribution in [0.25, 0.3) is 11.5 Å². The van der Waals surface area contributed by atoms with Crippen molar-refractivity contribution in [3.05, 3.63) is 23.8 Å². The molecule has 3 heterocycles. The number of hydrogen-bond donors (Lipinski definition) is 0. The molecule has 0 N–H and O–H groups in total. The highest BCUT2D eigenvalue weighted by Gasteiger charge is 2.15. The van der Waals surface area contributed by atoms with Crippen LogP contribution in [0.5, 0.6) is 0 Å². The van der Waals surface area contributed by atoms with Crippen molar-refractivity contribution in [3.63, 3.8) is 0 Å². The van der Waals surface area contributed by atoms with E-state index in [1.165, 1.54) is 0 Å². The minimum atomic E-state index is 0. The van der Waals surface area contributed by atoms with E-state index < -0.39 is 0 Å². The molecule has 0 saturated carbocycles. The third kappa shape index (κ3) is 4.79. The molecule has 0 aromatic carbocycles. The van der Waals surface area contributed by atoms with Crippen molar-refractivity contribution in [2.24, 2.45) is 0 Å². The molecule has 1 aromatic heterocycles. The molecule has 0 bridgehead atoms. The van der Waals surface area contributed by atoms with Crippen molar-refractivity contribution in [3.8, 4) is 0 Å². The van der Waals surface area contributed by atoms with Crippen LogP contribution in [0.15, 0.2) is 12.2 Å². The summed E-state index contributed by atoms with van der Waals surface area (Å²) in [5.41, 5.74) is 0. The number of allylic oxidation sites excluding steroid dienone is 2. The topological polar surface area (TPSA) is 70.0 Å². The van der Waals surface area contributed by atoms with Gasteiger partial charge in [-0.05, 0) is 44.3 Å². The van der Waals surface area contributed by atoms with Gasteiger partial charge in [0.15, 0.2) is 11.5 Å². The van der Waals surface area contributed by atoms with E-state index in [1.807, 2.05) is 26.0 Å². The van der Waals surface area contributed by atoms with Crippen molar-refractivity contribution in [2.75, 3.05) is 13.2 Å². The zero-order chi connectivity index (χ0) is 14.9. The Bertz CT molecular complexity index is 497. The van der Waals surface area contributed by atoms with Gasteiger partial charge in [-0.3, -0.25) is 0 Å². The summed E-state index contributed by atoms with van der Waals surface area (Å²) in [4.78, 5) is 0. The molecule has 1 aromatic rings. The first kappa shape index (κ1) is 18.1. The Balaban J connectivity index is 0.000000775. The third-order valence-electron chi connectivity index (χ3n) is 3.04. The van der Waals surface area contributed by atoms with Crippen molar-refractivity contribution in [2.45, 2.75) is 53.4 Å². The van der Waals surface area contributed by atoms with Crippen LogP contribution in [0.3, 0.4) is 0 Å². The summed E-state index contributed by atoms with van der Waals surface area (Å²) >= 11 is 0. The van der Waals surface area contributed by atoms with Gasteiger partial charge in [-0.1, -0.05) is 21.3 Å². The van der Waals surface area contributed by atoms with E-state index in [0.29, 0.717) is 36.4 Å². The predicted octanol–water partition coefficient (Wildman–Crippen LogP) is 3.62. The van der Waals surface area contributed by atoms with Gasteiger partial charge >= 0.3 is 0 Å². The number of rotatable bonds is 2. The van der Waals surface area contributed by atoms with Crippen LogP contribution in [-0.2, 0) is 9.47 Å². The molecule has 0 radical (unpaired) electrons. The van der Waals surface area contributed by atoms with Crippen LogP contribution < -0.4 is 0 Å². The van der Waals surface area contributed by atoms with Crippen LogP contribution >= 0.6 is 0 Å². The molecule has 6 heteroatoms. The van der Waals surface area contributed by atoms with E-state index in [2.05, 4.69) is 20.4 Å². The first-order chi connectivity index (χ1) is 10.4. The largest absolute Gasteiger partial charge is 0.490 e. The normalized spacial score (nSPS) is 17.2. The van der Waals surface area contributed by atoms with Crippen LogP contribution in [0.4, 0.5) is 0 Å². The molecule has 0 unspecified atom stereocenters. The minimum Gasteiger partial charge on any atom is -0.490 e. The van der Waals surface area contributed by atoms with E-state index in [1.54, 1.807) is 0 Å². The molecule has 0 fully saturated rings. The Hall–Kier alpha value is -1.98. The molecule has 0 atom stereocenters. The number of nitrogens with zero attached hydrogens (tertiary/aromatic N) is 4. The van der Waals surface area contributed by atoms with E-state index >= 15 is 0 Å². The second kappa shape index (κ2) is 9.87. The van der Waals surface area contributed by atoms with Crippen molar-refractivity contribution in [1.82, 2.24) is 20.4 Å². The summed E-state index contributed by atoms with van der Waals surface area (Å²) in [5.74, 6) is 2.25. The average Bonchev–Trinajstić information content (AvgIpc) is 2.87. The van der Waals surface area contributed by atoms with Gasteiger partial charge < -0.3 is 9.47 Å².